The zero-order valence-corrected chi connectivity index (χ0v) is 8.75. The average molecular weight is 195 g/mol. The monoisotopic (exact) mass is 195 g/mol. The Hall–Kier alpha value is -1.10. The van der Waals surface area contributed by atoms with E-state index in [0.29, 0.717) is 0 Å². The Kier molecular flexibility index (Phi) is 2.41. The predicted octanol–water partition coefficient (Wildman–Crippen LogP) is 0.369. The third-order valence-corrected chi connectivity index (χ3v) is 2.83. The van der Waals surface area contributed by atoms with Crippen LogP contribution in [0.5, 0.6) is 0 Å². The Bertz CT molecular complexity index is 300. The van der Waals surface area contributed by atoms with Crippen LogP contribution in [0.25, 0.3) is 0 Å². The van der Waals surface area contributed by atoms with Crippen LogP contribution in [0.1, 0.15) is 19.8 Å². The van der Waals surface area contributed by atoms with E-state index >= 15 is 0 Å². The minimum atomic E-state index is 0.226. The summed E-state index contributed by atoms with van der Waals surface area (Å²) in [5.41, 5.74) is 0.226. The number of anilines is 1. The van der Waals surface area contributed by atoms with Gasteiger partial charge in [-0.15, -0.1) is 5.10 Å². The zero-order valence-electron chi connectivity index (χ0n) is 8.75. The maximum Gasteiger partial charge on any atom is 0.144 e. The number of rotatable bonds is 3. The van der Waals surface area contributed by atoms with Gasteiger partial charge in [0.1, 0.15) is 5.82 Å². The number of hydrogen-bond acceptors (Lipinski definition) is 4. The average Bonchev–Trinajstić information content (AvgIpc) is 2.73. The summed E-state index contributed by atoms with van der Waals surface area (Å²) in [5, 5.41) is 14.5. The molecule has 1 aromatic heterocycles. The lowest BCUT2D eigenvalue weighted by molar-refractivity contribution is 0.437. The largest absolute Gasteiger partial charge is 0.367 e. The van der Waals surface area contributed by atoms with Crippen molar-refractivity contribution in [3.63, 3.8) is 0 Å². The number of nitrogens with zero attached hydrogens (tertiary/aromatic N) is 3. The Morgan fingerprint density at radius 1 is 1.71 bits per heavy atom. The van der Waals surface area contributed by atoms with E-state index in [1.54, 1.807) is 10.9 Å². The van der Waals surface area contributed by atoms with Crippen molar-refractivity contribution >= 4 is 5.82 Å². The minimum Gasteiger partial charge on any atom is -0.367 e. The Labute approximate surface area is 83.9 Å². The van der Waals surface area contributed by atoms with E-state index in [4.69, 9.17) is 0 Å². The number of hydrogen-bond donors (Lipinski definition) is 2. The topological polar surface area (TPSA) is 54.8 Å². The Morgan fingerprint density at radius 3 is 3.14 bits per heavy atom. The van der Waals surface area contributed by atoms with Gasteiger partial charge in [0.2, 0.25) is 0 Å². The van der Waals surface area contributed by atoms with E-state index in [1.165, 1.54) is 12.8 Å². The molecule has 2 heterocycles. The lowest BCUT2D eigenvalue weighted by Crippen LogP contribution is -2.43. The van der Waals surface area contributed by atoms with Crippen LogP contribution in [0.3, 0.4) is 0 Å². The third-order valence-electron chi connectivity index (χ3n) is 2.83. The van der Waals surface area contributed by atoms with Gasteiger partial charge in [0, 0.05) is 19.1 Å². The second-order valence-electron chi connectivity index (χ2n) is 4.19. The summed E-state index contributed by atoms with van der Waals surface area (Å²) in [5.74, 6) is 0.972. The van der Waals surface area contributed by atoms with E-state index in [9.17, 15) is 0 Å². The maximum absolute atomic E-state index is 3.87. The molecule has 2 N–H and O–H groups in total. The van der Waals surface area contributed by atoms with Gasteiger partial charge in [-0.05, 0) is 26.3 Å². The number of aryl methyl sites for hydroxylation is 1. The molecule has 0 radical (unpaired) electrons. The molecule has 78 valence electrons. The summed E-state index contributed by atoms with van der Waals surface area (Å²) in [6, 6.07) is 0. The first-order valence-electron chi connectivity index (χ1n) is 5.03. The van der Waals surface area contributed by atoms with Crippen molar-refractivity contribution in [1.29, 1.82) is 0 Å². The van der Waals surface area contributed by atoms with E-state index in [0.717, 1.165) is 18.9 Å². The first-order valence-corrected chi connectivity index (χ1v) is 5.03. The lowest BCUT2D eigenvalue weighted by atomic mass is 10.0. The highest BCUT2D eigenvalue weighted by Gasteiger charge is 2.27. The van der Waals surface area contributed by atoms with Crippen molar-refractivity contribution in [1.82, 2.24) is 20.3 Å². The van der Waals surface area contributed by atoms with Crippen molar-refractivity contribution in [2.24, 2.45) is 7.05 Å². The molecule has 1 aliphatic rings. The highest BCUT2D eigenvalue weighted by atomic mass is 15.4. The molecule has 1 fully saturated rings. The third kappa shape index (κ3) is 1.87. The van der Waals surface area contributed by atoms with Crippen molar-refractivity contribution in [3.05, 3.63) is 6.20 Å². The number of aromatic nitrogens is 3. The summed E-state index contributed by atoms with van der Waals surface area (Å²) >= 11 is 0. The van der Waals surface area contributed by atoms with E-state index in [2.05, 4.69) is 27.9 Å². The fraction of sp³-hybridized carbons (Fsp3) is 0.778. The van der Waals surface area contributed by atoms with Crippen LogP contribution in [-0.2, 0) is 7.05 Å². The smallest absolute Gasteiger partial charge is 0.144 e. The van der Waals surface area contributed by atoms with Gasteiger partial charge in [-0.3, -0.25) is 0 Å². The molecule has 5 nitrogen and oxygen atoms in total. The molecule has 1 aliphatic heterocycles. The van der Waals surface area contributed by atoms with Crippen LogP contribution >= 0.6 is 0 Å². The second kappa shape index (κ2) is 3.57. The van der Waals surface area contributed by atoms with Crippen LogP contribution in [0.2, 0.25) is 0 Å². The van der Waals surface area contributed by atoms with Crippen LogP contribution < -0.4 is 10.6 Å². The normalized spacial score (nSPS) is 26.7. The van der Waals surface area contributed by atoms with Crippen molar-refractivity contribution < 1.29 is 0 Å². The molecule has 0 amide bonds. The van der Waals surface area contributed by atoms with Crippen molar-refractivity contribution in [2.45, 2.75) is 25.3 Å². The highest BCUT2D eigenvalue weighted by molar-refractivity contribution is 5.31. The molecule has 0 saturated carbocycles. The summed E-state index contributed by atoms with van der Waals surface area (Å²) < 4.78 is 1.75. The quantitative estimate of drug-likeness (QED) is 0.731. The molecule has 1 unspecified atom stereocenters. The minimum absolute atomic E-state index is 0.226. The van der Waals surface area contributed by atoms with Gasteiger partial charge in [0.25, 0.3) is 0 Å². The molecule has 2 rings (SSSR count). The SMILES string of the molecule is Cn1nncc1NCC1(C)CCCN1. The van der Waals surface area contributed by atoms with Gasteiger partial charge >= 0.3 is 0 Å². The molecule has 0 aliphatic carbocycles. The zero-order chi connectivity index (χ0) is 10.0. The van der Waals surface area contributed by atoms with E-state index in [-0.39, 0.29) is 5.54 Å². The first-order chi connectivity index (χ1) is 6.70. The maximum atomic E-state index is 3.87. The van der Waals surface area contributed by atoms with Gasteiger partial charge < -0.3 is 10.6 Å². The van der Waals surface area contributed by atoms with Crippen molar-refractivity contribution in [3.8, 4) is 0 Å². The molecular weight excluding hydrogens is 178 g/mol. The summed E-state index contributed by atoms with van der Waals surface area (Å²) in [6.07, 6.45) is 4.24. The Balaban J connectivity index is 1.91. The fourth-order valence-electron chi connectivity index (χ4n) is 1.84. The van der Waals surface area contributed by atoms with Gasteiger partial charge in [0.05, 0.1) is 6.20 Å². The van der Waals surface area contributed by atoms with E-state index in [1.807, 2.05) is 7.05 Å². The second-order valence-corrected chi connectivity index (χ2v) is 4.19. The van der Waals surface area contributed by atoms with E-state index < -0.39 is 0 Å². The Morgan fingerprint density at radius 2 is 2.57 bits per heavy atom. The van der Waals surface area contributed by atoms with Gasteiger partial charge in [0.15, 0.2) is 0 Å². The van der Waals surface area contributed by atoms with Gasteiger partial charge in [-0.1, -0.05) is 5.21 Å². The summed E-state index contributed by atoms with van der Waals surface area (Å²) in [7, 11) is 1.89. The van der Waals surface area contributed by atoms with Crippen molar-refractivity contribution in [2.75, 3.05) is 18.4 Å². The lowest BCUT2D eigenvalue weighted by Gasteiger charge is -2.24. The molecular formula is C9H17N5. The molecule has 14 heavy (non-hydrogen) atoms. The molecule has 0 spiro atoms. The number of nitrogens with one attached hydrogen (secondary N) is 2. The van der Waals surface area contributed by atoms with Gasteiger partial charge in [-0.2, -0.15) is 0 Å². The predicted molar refractivity (Wildman–Crippen MR) is 55.1 cm³/mol. The summed E-state index contributed by atoms with van der Waals surface area (Å²) in [6.45, 7) is 4.30. The molecule has 0 bridgehead atoms. The molecule has 1 aromatic rings. The first kappa shape index (κ1) is 9.45. The molecule has 1 atom stereocenters. The molecule has 1 saturated heterocycles. The summed E-state index contributed by atoms with van der Waals surface area (Å²) in [4.78, 5) is 0. The van der Waals surface area contributed by atoms with Crippen LogP contribution in [0, 0.1) is 0 Å². The molecule has 5 heteroatoms. The highest BCUT2D eigenvalue weighted by Crippen LogP contribution is 2.18. The fourth-order valence-corrected chi connectivity index (χ4v) is 1.84. The van der Waals surface area contributed by atoms with Crippen LogP contribution in [-0.4, -0.2) is 33.6 Å². The standard InChI is InChI=1S/C9H17N5/c1-9(4-3-5-11-9)7-10-8-6-12-13-14(8)2/h6,10-11H,3-5,7H2,1-2H3. The van der Waals surface area contributed by atoms with Crippen LogP contribution in [0.15, 0.2) is 6.20 Å². The van der Waals surface area contributed by atoms with Crippen LogP contribution in [0.4, 0.5) is 5.82 Å². The van der Waals surface area contributed by atoms with Gasteiger partial charge in [-0.25, -0.2) is 4.68 Å². The molecule has 0 aromatic carbocycles.